The van der Waals surface area contributed by atoms with Crippen molar-refractivity contribution in [3.8, 4) is 0 Å². The van der Waals surface area contributed by atoms with Crippen LogP contribution in [0.4, 0.5) is 4.79 Å². The van der Waals surface area contributed by atoms with Gasteiger partial charge in [0.1, 0.15) is 0 Å². The van der Waals surface area contributed by atoms with Crippen molar-refractivity contribution in [3.05, 3.63) is 30.6 Å². The lowest BCUT2D eigenvalue weighted by Gasteiger charge is -2.32. The number of carbonyl (C=O) groups excluding carboxylic acids is 1. The number of urea groups is 1. The van der Waals surface area contributed by atoms with Crippen molar-refractivity contribution >= 4 is 6.03 Å². The first-order valence-corrected chi connectivity index (χ1v) is 8.41. The second kappa shape index (κ2) is 8.72. The Morgan fingerprint density at radius 1 is 1.43 bits per heavy atom. The zero-order valence-corrected chi connectivity index (χ0v) is 14.3. The van der Waals surface area contributed by atoms with Crippen LogP contribution >= 0.6 is 0 Å². The van der Waals surface area contributed by atoms with E-state index in [2.05, 4.69) is 41.1 Å². The molecule has 0 aromatic carbocycles. The van der Waals surface area contributed by atoms with Gasteiger partial charge in [0, 0.05) is 51.2 Å². The van der Waals surface area contributed by atoms with E-state index in [0.717, 1.165) is 39.0 Å². The summed E-state index contributed by atoms with van der Waals surface area (Å²) in [5.74, 6) is 0.345. The Kier molecular flexibility index (Phi) is 6.65. The summed E-state index contributed by atoms with van der Waals surface area (Å²) in [5.41, 5.74) is 1.19. The van der Waals surface area contributed by atoms with Crippen LogP contribution in [0.25, 0.3) is 0 Å². The molecule has 0 bridgehead atoms. The number of carbonyl (C=O) groups is 1. The quantitative estimate of drug-likeness (QED) is 0.754. The molecule has 23 heavy (non-hydrogen) atoms. The molecular formula is C17H29N5O. The van der Waals surface area contributed by atoms with Crippen LogP contribution in [0, 0.1) is 5.92 Å². The van der Waals surface area contributed by atoms with E-state index in [9.17, 15) is 4.79 Å². The van der Waals surface area contributed by atoms with Crippen LogP contribution in [0.3, 0.4) is 0 Å². The topological polar surface area (TPSA) is 62.2 Å². The van der Waals surface area contributed by atoms with Gasteiger partial charge in [-0.2, -0.15) is 5.10 Å². The number of hydrogen-bond donors (Lipinski definition) is 2. The Hall–Kier alpha value is -1.82. The fourth-order valence-electron chi connectivity index (χ4n) is 2.91. The summed E-state index contributed by atoms with van der Waals surface area (Å²) >= 11 is 0. The Balaban J connectivity index is 1.61. The van der Waals surface area contributed by atoms with Gasteiger partial charge in [-0.25, -0.2) is 4.79 Å². The van der Waals surface area contributed by atoms with Gasteiger partial charge in [-0.05, 0) is 31.7 Å². The molecule has 1 fully saturated rings. The van der Waals surface area contributed by atoms with Gasteiger partial charge >= 0.3 is 6.03 Å². The highest BCUT2D eigenvalue weighted by Crippen LogP contribution is 2.11. The van der Waals surface area contributed by atoms with Crippen LogP contribution in [0.15, 0.2) is 30.6 Å². The molecule has 1 saturated heterocycles. The molecule has 0 unspecified atom stereocenters. The second-order valence-corrected chi connectivity index (χ2v) is 6.70. The Morgan fingerprint density at radius 3 is 2.78 bits per heavy atom. The number of rotatable bonds is 7. The standard InChI is InChI=1S/C17H29N5O/c1-14(2)12-21-9-5-16(6-10-21)20-17(23)18-11-15(3)13-22-8-4-7-19-22/h4,7-8,15-16H,1,5-6,9-13H2,2-3H3,(H2,18,20,23)/t15-/m1/s1. The predicted molar refractivity (Wildman–Crippen MR) is 92.2 cm³/mol. The van der Waals surface area contributed by atoms with Gasteiger partial charge in [0.2, 0.25) is 0 Å². The van der Waals surface area contributed by atoms with Crippen LogP contribution in [0.5, 0.6) is 0 Å². The number of nitrogens with zero attached hydrogens (tertiary/aromatic N) is 3. The molecular weight excluding hydrogens is 290 g/mol. The van der Waals surface area contributed by atoms with E-state index in [0.29, 0.717) is 12.5 Å². The molecule has 6 nitrogen and oxygen atoms in total. The first-order chi connectivity index (χ1) is 11.0. The summed E-state index contributed by atoms with van der Waals surface area (Å²) in [6, 6.07) is 2.13. The van der Waals surface area contributed by atoms with Crippen LogP contribution in [0.2, 0.25) is 0 Å². The van der Waals surface area contributed by atoms with Crippen molar-refractivity contribution in [3.63, 3.8) is 0 Å². The highest BCUT2D eigenvalue weighted by Gasteiger charge is 2.20. The molecule has 128 valence electrons. The maximum Gasteiger partial charge on any atom is 0.315 e. The summed E-state index contributed by atoms with van der Waals surface area (Å²) in [4.78, 5) is 14.4. The number of amides is 2. The number of likely N-dealkylation sites (tertiary alicyclic amines) is 1. The Labute approximate surface area is 138 Å². The normalized spacial score (nSPS) is 17.7. The summed E-state index contributed by atoms with van der Waals surface area (Å²) in [6.45, 7) is 12.6. The maximum absolute atomic E-state index is 12.0. The molecule has 0 saturated carbocycles. The smallest absolute Gasteiger partial charge is 0.315 e. The monoisotopic (exact) mass is 319 g/mol. The average molecular weight is 319 g/mol. The van der Waals surface area contributed by atoms with Crippen molar-refractivity contribution in [2.75, 3.05) is 26.2 Å². The van der Waals surface area contributed by atoms with Gasteiger partial charge in [0.05, 0.1) is 0 Å². The largest absolute Gasteiger partial charge is 0.338 e. The molecule has 1 atom stereocenters. The minimum Gasteiger partial charge on any atom is -0.338 e. The third kappa shape index (κ3) is 6.44. The molecule has 1 aromatic rings. The van der Waals surface area contributed by atoms with Crippen molar-refractivity contribution < 1.29 is 4.79 Å². The lowest BCUT2D eigenvalue weighted by atomic mass is 10.0. The molecule has 1 aliphatic rings. The average Bonchev–Trinajstić information content (AvgIpc) is 2.99. The molecule has 1 aromatic heterocycles. The van der Waals surface area contributed by atoms with E-state index in [4.69, 9.17) is 0 Å². The summed E-state index contributed by atoms with van der Waals surface area (Å²) in [7, 11) is 0. The maximum atomic E-state index is 12.0. The van der Waals surface area contributed by atoms with Gasteiger partial charge in [-0.15, -0.1) is 0 Å². The fourth-order valence-corrected chi connectivity index (χ4v) is 2.91. The first kappa shape index (κ1) is 17.5. The molecule has 2 amide bonds. The predicted octanol–water partition coefficient (Wildman–Crippen LogP) is 1.86. The van der Waals surface area contributed by atoms with E-state index >= 15 is 0 Å². The van der Waals surface area contributed by atoms with Gasteiger partial charge in [-0.3, -0.25) is 9.58 Å². The Bertz CT molecular complexity index is 491. The van der Waals surface area contributed by atoms with E-state index in [-0.39, 0.29) is 12.1 Å². The van der Waals surface area contributed by atoms with Crippen LogP contribution in [-0.2, 0) is 6.54 Å². The fraction of sp³-hybridized carbons (Fsp3) is 0.647. The molecule has 0 aliphatic carbocycles. The van der Waals surface area contributed by atoms with Gasteiger partial charge < -0.3 is 10.6 Å². The minimum atomic E-state index is -0.0596. The molecule has 2 N–H and O–H groups in total. The van der Waals surface area contributed by atoms with E-state index in [1.807, 2.05) is 16.9 Å². The van der Waals surface area contributed by atoms with Gasteiger partial charge in [-0.1, -0.05) is 19.1 Å². The zero-order chi connectivity index (χ0) is 16.7. The molecule has 2 rings (SSSR count). The van der Waals surface area contributed by atoms with E-state index in [1.165, 1.54) is 5.57 Å². The minimum absolute atomic E-state index is 0.0596. The highest BCUT2D eigenvalue weighted by molar-refractivity contribution is 5.74. The van der Waals surface area contributed by atoms with Gasteiger partial charge in [0.15, 0.2) is 0 Å². The molecule has 0 spiro atoms. The van der Waals surface area contributed by atoms with Crippen LogP contribution < -0.4 is 10.6 Å². The van der Waals surface area contributed by atoms with E-state index < -0.39 is 0 Å². The van der Waals surface area contributed by atoms with Crippen LogP contribution in [-0.4, -0.2) is 52.9 Å². The van der Waals surface area contributed by atoms with Gasteiger partial charge in [0.25, 0.3) is 0 Å². The lowest BCUT2D eigenvalue weighted by Crippen LogP contribution is -2.48. The SMILES string of the molecule is C=C(C)CN1CCC(NC(=O)NC[C@@H](C)Cn2cccn2)CC1. The zero-order valence-electron chi connectivity index (χ0n) is 14.3. The second-order valence-electron chi connectivity index (χ2n) is 6.70. The van der Waals surface area contributed by atoms with Crippen molar-refractivity contribution in [1.29, 1.82) is 0 Å². The molecule has 2 heterocycles. The summed E-state index contributed by atoms with van der Waals surface area (Å²) in [5, 5.41) is 10.2. The Morgan fingerprint density at radius 2 is 2.17 bits per heavy atom. The third-order valence-corrected chi connectivity index (χ3v) is 4.09. The van der Waals surface area contributed by atoms with Crippen LogP contribution in [0.1, 0.15) is 26.7 Å². The highest BCUT2D eigenvalue weighted by atomic mass is 16.2. The number of nitrogens with one attached hydrogen (secondary N) is 2. The summed E-state index contributed by atoms with van der Waals surface area (Å²) < 4.78 is 1.89. The first-order valence-electron chi connectivity index (χ1n) is 8.41. The number of aromatic nitrogens is 2. The van der Waals surface area contributed by atoms with E-state index in [1.54, 1.807) is 6.20 Å². The lowest BCUT2D eigenvalue weighted by molar-refractivity contribution is 0.201. The molecule has 0 radical (unpaired) electrons. The molecule has 1 aliphatic heterocycles. The third-order valence-electron chi connectivity index (χ3n) is 4.09. The summed E-state index contributed by atoms with van der Waals surface area (Å²) in [6.07, 6.45) is 5.72. The van der Waals surface area contributed by atoms with Crippen molar-refractivity contribution in [2.24, 2.45) is 5.92 Å². The van der Waals surface area contributed by atoms with Crippen molar-refractivity contribution in [2.45, 2.75) is 39.3 Å². The molecule has 6 heteroatoms. The van der Waals surface area contributed by atoms with Crippen molar-refractivity contribution in [1.82, 2.24) is 25.3 Å². The number of hydrogen-bond acceptors (Lipinski definition) is 3. The number of piperidine rings is 1.